The van der Waals surface area contributed by atoms with Gasteiger partial charge >= 0.3 is 0 Å². The van der Waals surface area contributed by atoms with Crippen LogP contribution in [0.4, 0.5) is 5.69 Å². The van der Waals surface area contributed by atoms with Crippen LogP contribution in [-0.4, -0.2) is 41.4 Å². The lowest BCUT2D eigenvalue weighted by Gasteiger charge is -2.38. The lowest BCUT2D eigenvalue weighted by Crippen LogP contribution is -2.42. The highest BCUT2D eigenvalue weighted by molar-refractivity contribution is 5.92. The molecule has 2 aromatic rings. The molecule has 2 saturated heterocycles. The lowest BCUT2D eigenvalue weighted by molar-refractivity contribution is -0.121. The van der Waals surface area contributed by atoms with Gasteiger partial charge in [0.05, 0.1) is 17.3 Å². The quantitative estimate of drug-likeness (QED) is 0.899. The largest absolute Gasteiger partial charge is 0.369 e. The first-order valence-electron chi connectivity index (χ1n) is 9.80. The molecule has 27 heavy (non-hydrogen) atoms. The van der Waals surface area contributed by atoms with Gasteiger partial charge in [0, 0.05) is 31.9 Å². The molecular formula is C21H25N5O. The molecule has 0 bridgehead atoms. The molecular weight excluding hydrogens is 338 g/mol. The maximum atomic E-state index is 12.6. The van der Waals surface area contributed by atoms with Gasteiger partial charge in [0.25, 0.3) is 0 Å². The van der Waals surface area contributed by atoms with E-state index in [1.807, 2.05) is 12.1 Å². The molecule has 2 fully saturated rings. The van der Waals surface area contributed by atoms with Crippen molar-refractivity contribution in [2.24, 2.45) is 11.8 Å². The van der Waals surface area contributed by atoms with Crippen molar-refractivity contribution in [2.45, 2.75) is 38.6 Å². The van der Waals surface area contributed by atoms with Crippen LogP contribution in [0.5, 0.6) is 0 Å². The number of carbonyl (C=O) groups excluding carboxylic acids is 1. The summed E-state index contributed by atoms with van der Waals surface area (Å²) in [6.07, 6.45) is 7.09. The summed E-state index contributed by atoms with van der Waals surface area (Å²) < 4.78 is 0. The second-order valence-electron chi connectivity index (χ2n) is 7.93. The van der Waals surface area contributed by atoms with Crippen molar-refractivity contribution in [3.8, 4) is 6.07 Å². The first-order chi connectivity index (χ1) is 13.2. The molecule has 140 valence electrons. The van der Waals surface area contributed by atoms with E-state index in [0.717, 1.165) is 50.1 Å². The third kappa shape index (κ3) is 3.65. The molecule has 2 aliphatic heterocycles. The molecule has 0 radical (unpaired) electrons. The van der Waals surface area contributed by atoms with E-state index in [1.165, 1.54) is 0 Å². The number of aromatic nitrogens is 2. The Hall–Kier alpha value is -2.52. The van der Waals surface area contributed by atoms with Crippen molar-refractivity contribution in [2.75, 3.05) is 24.5 Å². The lowest BCUT2D eigenvalue weighted by atomic mass is 9.85. The minimum Gasteiger partial charge on any atom is -0.369 e. The molecule has 1 aromatic carbocycles. The molecule has 0 saturated carbocycles. The van der Waals surface area contributed by atoms with Crippen LogP contribution in [0.25, 0.3) is 11.0 Å². The van der Waals surface area contributed by atoms with Crippen molar-refractivity contribution in [3.05, 3.63) is 30.1 Å². The average molecular weight is 363 g/mol. The number of rotatable bonds is 4. The van der Waals surface area contributed by atoms with Gasteiger partial charge in [-0.15, -0.1) is 0 Å². The van der Waals surface area contributed by atoms with Gasteiger partial charge in [-0.1, -0.05) is 6.92 Å². The monoisotopic (exact) mass is 363 g/mol. The third-order valence-corrected chi connectivity index (χ3v) is 5.75. The van der Waals surface area contributed by atoms with E-state index in [4.69, 9.17) is 0 Å². The predicted octanol–water partition coefficient (Wildman–Crippen LogP) is 2.68. The van der Waals surface area contributed by atoms with Crippen molar-refractivity contribution in [1.29, 1.82) is 5.26 Å². The Kier molecular flexibility index (Phi) is 5.04. The molecule has 0 unspecified atom stereocenters. The molecule has 0 spiro atoms. The van der Waals surface area contributed by atoms with E-state index in [2.05, 4.69) is 33.2 Å². The fourth-order valence-electron chi connectivity index (χ4n) is 4.60. The van der Waals surface area contributed by atoms with Crippen LogP contribution in [0.3, 0.4) is 0 Å². The Bertz CT molecular complexity index is 884. The molecule has 3 heterocycles. The molecule has 3 atom stereocenters. The normalized spacial score (nSPS) is 25.5. The van der Waals surface area contributed by atoms with Crippen LogP contribution in [0.1, 0.15) is 38.2 Å². The number of hydrogen-bond donors (Lipinski definition) is 1. The smallest absolute Gasteiger partial charge is 0.150 e. The molecule has 6 heteroatoms. The van der Waals surface area contributed by atoms with Crippen LogP contribution < -0.4 is 10.2 Å². The number of nitrogens with one attached hydrogen (secondary N) is 1. The summed E-state index contributed by atoms with van der Waals surface area (Å²) in [5.74, 6) is 1.22. The molecule has 2 aliphatic rings. The van der Waals surface area contributed by atoms with Gasteiger partial charge in [-0.3, -0.25) is 14.8 Å². The topological polar surface area (TPSA) is 81.9 Å². The number of benzene rings is 1. The number of nitrogens with zero attached hydrogens (tertiary/aromatic N) is 4. The average Bonchev–Trinajstić information content (AvgIpc) is 3.21. The highest BCUT2D eigenvalue weighted by atomic mass is 16.1. The Balaban J connectivity index is 1.57. The van der Waals surface area contributed by atoms with Crippen LogP contribution in [0.2, 0.25) is 0 Å². The predicted molar refractivity (Wildman–Crippen MR) is 104 cm³/mol. The first kappa shape index (κ1) is 17.9. The zero-order valence-corrected chi connectivity index (χ0v) is 15.7. The van der Waals surface area contributed by atoms with E-state index in [0.29, 0.717) is 35.1 Å². The summed E-state index contributed by atoms with van der Waals surface area (Å²) in [5.41, 5.74) is 2.98. The molecule has 1 aromatic heterocycles. The van der Waals surface area contributed by atoms with Gasteiger partial charge in [0.15, 0.2) is 0 Å². The first-order valence-corrected chi connectivity index (χ1v) is 9.80. The number of piperidine rings is 1. The summed E-state index contributed by atoms with van der Waals surface area (Å²) in [4.78, 5) is 23.8. The van der Waals surface area contributed by atoms with E-state index in [1.54, 1.807) is 12.4 Å². The Morgan fingerprint density at radius 1 is 1.30 bits per heavy atom. The minimum absolute atomic E-state index is 0.0530. The van der Waals surface area contributed by atoms with Crippen molar-refractivity contribution >= 4 is 22.5 Å². The number of fused-ring (bicyclic) bond motifs is 1. The Morgan fingerprint density at radius 2 is 2.11 bits per heavy atom. The van der Waals surface area contributed by atoms with Crippen LogP contribution in [0.15, 0.2) is 24.5 Å². The summed E-state index contributed by atoms with van der Waals surface area (Å²) in [5, 5.41) is 12.7. The standard InChI is InChI=1S/C21H25N5O/c1-14-9-15(10-19(27)17-3-2-6-23-17)13-26(12-14)18-5-4-16(11-22)20-21(18)25-8-7-24-20/h4-5,7-8,14-15,17,23H,2-3,6,9-10,12-13H2,1H3/t14-,15-,17-/m0/s1. The number of nitriles is 1. The number of hydrogen-bond acceptors (Lipinski definition) is 6. The molecule has 0 aliphatic carbocycles. The SMILES string of the molecule is C[C@H]1C[C@@H](CC(=O)[C@@H]2CCCN2)CN(c2ccc(C#N)c3nccnc23)C1. The summed E-state index contributed by atoms with van der Waals surface area (Å²) in [6, 6.07) is 6.06. The Morgan fingerprint density at radius 3 is 2.85 bits per heavy atom. The van der Waals surface area contributed by atoms with Crippen LogP contribution >= 0.6 is 0 Å². The fraction of sp³-hybridized carbons (Fsp3) is 0.524. The highest BCUT2D eigenvalue weighted by Crippen LogP contribution is 2.33. The van der Waals surface area contributed by atoms with Crippen LogP contribution in [0, 0.1) is 23.2 Å². The zero-order valence-electron chi connectivity index (χ0n) is 15.7. The van der Waals surface area contributed by atoms with Crippen LogP contribution in [-0.2, 0) is 4.79 Å². The summed E-state index contributed by atoms with van der Waals surface area (Å²) in [6.45, 7) is 4.98. The van der Waals surface area contributed by atoms with Gasteiger partial charge < -0.3 is 10.2 Å². The molecule has 1 N–H and O–H groups in total. The number of carbonyl (C=O) groups is 1. The number of Topliss-reactive ketones (excluding diaryl/α,β-unsaturated/α-hetero) is 1. The minimum atomic E-state index is 0.0530. The summed E-state index contributed by atoms with van der Waals surface area (Å²) >= 11 is 0. The maximum Gasteiger partial charge on any atom is 0.150 e. The third-order valence-electron chi connectivity index (χ3n) is 5.75. The van der Waals surface area contributed by atoms with E-state index in [9.17, 15) is 10.1 Å². The van der Waals surface area contributed by atoms with E-state index < -0.39 is 0 Å². The van der Waals surface area contributed by atoms with Gasteiger partial charge in [0.1, 0.15) is 22.9 Å². The van der Waals surface area contributed by atoms with Crippen molar-refractivity contribution < 1.29 is 4.79 Å². The fourth-order valence-corrected chi connectivity index (χ4v) is 4.60. The second-order valence-corrected chi connectivity index (χ2v) is 7.93. The number of anilines is 1. The van der Waals surface area contributed by atoms with Crippen molar-refractivity contribution in [3.63, 3.8) is 0 Å². The van der Waals surface area contributed by atoms with Gasteiger partial charge in [-0.05, 0) is 49.8 Å². The second kappa shape index (κ2) is 7.61. The van der Waals surface area contributed by atoms with E-state index in [-0.39, 0.29) is 6.04 Å². The maximum absolute atomic E-state index is 12.6. The van der Waals surface area contributed by atoms with Gasteiger partial charge in [-0.25, -0.2) is 0 Å². The number of ketones is 1. The van der Waals surface area contributed by atoms with Gasteiger partial charge in [-0.2, -0.15) is 5.26 Å². The van der Waals surface area contributed by atoms with Crippen molar-refractivity contribution in [1.82, 2.24) is 15.3 Å². The highest BCUT2D eigenvalue weighted by Gasteiger charge is 2.30. The zero-order chi connectivity index (χ0) is 18.8. The molecule has 6 nitrogen and oxygen atoms in total. The summed E-state index contributed by atoms with van der Waals surface area (Å²) in [7, 11) is 0. The molecule has 0 amide bonds. The Labute approximate surface area is 159 Å². The van der Waals surface area contributed by atoms with E-state index >= 15 is 0 Å². The van der Waals surface area contributed by atoms with Gasteiger partial charge in [0.2, 0.25) is 0 Å². The molecule has 4 rings (SSSR count).